The van der Waals surface area contributed by atoms with E-state index >= 15 is 0 Å². The van der Waals surface area contributed by atoms with Crippen molar-refractivity contribution >= 4 is 50.3 Å². The molecule has 1 aromatic carbocycles. The number of morpholine rings is 1. The molecule has 1 aliphatic rings. The molecule has 0 bridgehead atoms. The van der Waals surface area contributed by atoms with E-state index in [1.807, 2.05) is 22.9 Å². The minimum absolute atomic E-state index is 0.00508. The van der Waals surface area contributed by atoms with Gasteiger partial charge in [-0.15, -0.1) is 22.7 Å². The van der Waals surface area contributed by atoms with E-state index in [9.17, 15) is 13.2 Å². The summed E-state index contributed by atoms with van der Waals surface area (Å²) in [5.74, 6) is -0.643. The van der Waals surface area contributed by atoms with E-state index in [2.05, 4.69) is 4.98 Å². The van der Waals surface area contributed by atoms with Gasteiger partial charge in [-0.1, -0.05) is 17.7 Å². The molecule has 0 spiro atoms. The number of benzene rings is 1. The molecule has 0 unspecified atom stereocenters. The normalized spacial score (nSPS) is 15.2. The van der Waals surface area contributed by atoms with Gasteiger partial charge >= 0.3 is 5.97 Å². The Morgan fingerprint density at radius 1 is 1.23 bits per heavy atom. The molecule has 3 aromatic rings. The highest BCUT2D eigenvalue weighted by Crippen LogP contribution is 2.29. The van der Waals surface area contributed by atoms with Crippen molar-refractivity contribution in [3.05, 3.63) is 57.4 Å². The van der Waals surface area contributed by atoms with Crippen LogP contribution in [0.1, 0.15) is 16.1 Å². The van der Waals surface area contributed by atoms with Crippen molar-refractivity contribution < 1.29 is 22.7 Å². The standard InChI is InChI=1S/C19H17ClN2O5S3/c20-15-4-3-13(10-17(15)30(24,25)22-5-7-26-8-6-22)19(23)27-11-14-12-29-18(21-14)16-2-1-9-28-16/h1-4,9-10,12H,5-8,11H2. The summed E-state index contributed by atoms with van der Waals surface area (Å²) in [5.41, 5.74) is 0.742. The lowest BCUT2D eigenvalue weighted by Crippen LogP contribution is -2.40. The third-order valence-electron chi connectivity index (χ3n) is 4.39. The van der Waals surface area contributed by atoms with Crippen LogP contribution in [0.2, 0.25) is 5.02 Å². The number of sulfonamides is 1. The molecule has 7 nitrogen and oxygen atoms in total. The van der Waals surface area contributed by atoms with Crippen molar-refractivity contribution in [2.75, 3.05) is 26.3 Å². The summed E-state index contributed by atoms with van der Waals surface area (Å²) in [7, 11) is -3.83. The molecule has 30 heavy (non-hydrogen) atoms. The highest BCUT2D eigenvalue weighted by atomic mass is 35.5. The Morgan fingerprint density at radius 3 is 2.77 bits per heavy atom. The van der Waals surface area contributed by atoms with Crippen molar-refractivity contribution in [2.45, 2.75) is 11.5 Å². The first-order valence-corrected chi connectivity index (χ1v) is 12.6. The lowest BCUT2D eigenvalue weighted by molar-refractivity contribution is 0.0468. The molecular weight excluding hydrogens is 468 g/mol. The van der Waals surface area contributed by atoms with Crippen LogP contribution in [0.3, 0.4) is 0 Å². The van der Waals surface area contributed by atoms with Gasteiger partial charge in [0.1, 0.15) is 16.5 Å². The molecule has 0 N–H and O–H groups in total. The highest BCUT2D eigenvalue weighted by molar-refractivity contribution is 7.89. The van der Waals surface area contributed by atoms with Crippen LogP contribution in [0.25, 0.3) is 9.88 Å². The number of hydrogen-bond acceptors (Lipinski definition) is 8. The van der Waals surface area contributed by atoms with E-state index in [1.54, 1.807) is 11.3 Å². The summed E-state index contributed by atoms with van der Waals surface area (Å²) in [6.07, 6.45) is 0. The molecule has 1 saturated heterocycles. The van der Waals surface area contributed by atoms with Gasteiger partial charge in [0, 0.05) is 18.5 Å². The van der Waals surface area contributed by atoms with Crippen molar-refractivity contribution in [1.29, 1.82) is 0 Å². The lowest BCUT2D eigenvalue weighted by atomic mass is 10.2. The predicted molar refractivity (Wildman–Crippen MR) is 116 cm³/mol. The van der Waals surface area contributed by atoms with Crippen LogP contribution in [-0.4, -0.2) is 50.0 Å². The molecule has 0 amide bonds. The number of hydrogen-bond donors (Lipinski definition) is 0. The smallest absolute Gasteiger partial charge is 0.338 e. The Morgan fingerprint density at radius 2 is 2.03 bits per heavy atom. The van der Waals surface area contributed by atoms with Crippen LogP contribution in [0.15, 0.2) is 46.0 Å². The van der Waals surface area contributed by atoms with E-state index in [-0.39, 0.29) is 35.2 Å². The van der Waals surface area contributed by atoms with Crippen LogP contribution >= 0.6 is 34.3 Å². The summed E-state index contributed by atoms with van der Waals surface area (Å²) in [4.78, 5) is 17.9. The Hall–Kier alpha value is -1.82. The minimum atomic E-state index is -3.83. The fourth-order valence-electron chi connectivity index (χ4n) is 2.86. The lowest BCUT2D eigenvalue weighted by Gasteiger charge is -2.26. The van der Waals surface area contributed by atoms with Gasteiger partial charge in [0.15, 0.2) is 0 Å². The number of nitrogens with zero attached hydrogens (tertiary/aromatic N) is 2. The zero-order valence-electron chi connectivity index (χ0n) is 15.6. The van der Waals surface area contributed by atoms with Gasteiger partial charge in [0.2, 0.25) is 10.0 Å². The molecule has 0 aliphatic carbocycles. The summed E-state index contributed by atoms with van der Waals surface area (Å²) in [5, 5.41) is 4.72. The van der Waals surface area contributed by atoms with Crippen molar-refractivity contribution in [3.63, 3.8) is 0 Å². The van der Waals surface area contributed by atoms with Gasteiger partial charge in [-0.25, -0.2) is 18.2 Å². The Balaban J connectivity index is 1.47. The number of thiazole rings is 1. The summed E-state index contributed by atoms with van der Waals surface area (Å²) >= 11 is 9.19. The zero-order valence-corrected chi connectivity index (χ0v) is 18.8. The maximum Gasteiger partial charge on any atom is 0.338 e. The number of halogens is 1. The van der Waals surface area contributed by atoms with Gasteiger partial charge in [-0.05, 0) is 29.6 Å². The van der Waals surface area contributed by atoms with Crippen LogP contribution in [0.4, 0.5) is 0 Å². The van der Waals surface area contributed by atoms with Crippen LogP contribution < -0.4 is 0 Å². The van der Waals surface area contributed by atoms with Gasteiger partial charge in [0.05, 0.1) is 34.4 Å². The fourth-order valence-corrected chi connectivity index (χ4v) is 6.39. The molecule has 1 aliphatic heterocycles. The van der Waals surface area contributed by atoms with Gasteiger partial charge in [-0.2, -0.15) is 4.31 Å². The maximum atomic E-state index is 12.9. The average Bonchev–Trinajstić information content (AvgIpc) is 3.45. The zero-order chi connectivity index (χ0) is 21.1. The molecule has 158 valence electrons. The molecule has 0 atom stereocenters. The van der Waals surface area contributed by atoms with Gasteiger partial charge < -0.3 is 9.47 Å². The van der Waals surface area contributed by atoms with Crippen LogP contribution in [0, 0.1) is 0 Å². The Kier molecular flexibility index (Phi) is 6.51. The minimum Gasteiger partial charge on any atom is -0.456 e. The first kappa shape index (κ1) is 21.4. The second-order valence-electron chi connectivity index (χ2n) is 6.36. The monoisotopic (exact) mass is 484 g/mol. The number of ether oxygens (including phenoxy) is 2. The van der Waals surface area contributed by atoms with E-state index in [0.717, 1.165) is 9.88 Å². The van der Waals surface area contributed by atoms with E-state index in [1.165, 1.54) is 33.8 Å². The SMILES string of the molecule is O=C(OCc1csc(-c2cccs2)n1)c1ccc(Cl)c(S(=O)(=O)N2CCOCC2)c1. The molecule has 1 fully saturated rings. The van der Waals surface area contributed by atoms with Crippen LogP contribution in [-0.2, 0) is 26.1 Å². The number of rotatable bonds is 6. The summed E-state index contributed by atoms with van der Waals surface area (Å²) in [6.45, 7) is 1.11. The Bertz CT molecular complexity index is 1140. The second-order valence-corrected chi connectivity index (χ2v) is 10.5. The molecule has 2 aromatic heterocycles. The predicted octanol–water partition coefficient (Wildman–Crippen LogP) is 3.90. The van der Waals surface area contributed by atoms with E-state index in [4.69, 9.17) is 21.1 Å². The molecule has 4 rings (SSSR count). The van der Waals surface area contributed by atoms with Gasteiger partial charge in [-0.3, -0.25) is 0 Å². The van der Waals surface area contributed by atoms with Crippen molar-refractivity contribution in [3.8, 4) is 9.88 Å². The number of thiophene rings is 1. The first-order valence-electron chi connectivity index (χ1n) is 8.98. The summed E-state index contributed by atoms with van der Waals surface area (Å²) in [6, 6.07) is 8.02. The number of carbonyl (C=O) groups excluding carboxylic acids is 1. The fraction of sp³-hybridized carbons (Fsp3) is 0.263. The molecular formula is C19H17ClN2O5S3. The average molecular weight is 485 g/mol. The number of aromatic nitrogens is 1. The Labute approximate surface area is 186 Å². The summed E-state index contributed by atoms with van der Waals surface area (Å²) < 4.78 is 37.6. The first-order chi connectivity index (χ1) is 14.4. The topological polar surface area (TPSA) is 85.8 Å². The molecule has 11 heteroatoms. The van der Waals surface area contributed by atoms with Crippen molar-refractivity contribution in [2.24, 2.45) is 0 Å². The highest BCUT2D eigenvalue weighted by Gasteiger charge is 2.29. The van der Waals surface area contributed by atoms with Gasteiger partial charge in [0.25, 0.3) is 0 Å². The van der Waals surface area contributed by atoms with E-state index in [0.29, 0.717) is 18.9 Å². The van der Waals surface area contributed by atoms with Crippen molar-refractivity contribution in [1.82, 2.24) is 9.29 Å². The number of esters is 1. The van der Waals surface area contributed by atoms with Crippen LogP contribution in [0.5, 0.6) is 0 Å². The molecule has 0 radical (unpaired) electrons. The van der Waals surface area contributed by atoms with E-state index < -0.39 is 16.0 Å². The quantitative estimate of drug-likeness (QED) is 0.493. The largest absolute Gasteiger partial charge is 0.456 e. The number of carbonyl (C=O) groups is 1. The third kappa shape index (κ3) is 4.58. The third-order valence-corrected chi connectivity index (χ3v) is 8.70. The second kappa shape index (κ2) is 9.13. The molecule has 0 saturated carbocycles. The molecule has 3 heterocycles. The maximum absolute atomic E-state index is 12.9.